The van der Waals surface area contributed by atoms with E-state index in [1.54, 1.807) is 11.8 Å². The third kappa shape index (κ3) is 2.16. The summed E-state index contributed by atoms with van der Waals surface area (Å²) in [4.78, 5) is 5.37. The molecule has 0 amide bonds. The molecule has 0 saturated carbocycles. The van der Waals surface area contributed by atoms with Crippen LogP contribution in [-0.4, -0.2) is 24.3 Å². The van der Waals surface area contributed by atoms with Crippen molar-refractivity contribution in [2.75, 3.05) is 13.7 Å². The predicted octanol–water partition coefficient (Wildman–Crippen LogP) is 2.02. The van der Waals surface area contributed by atoms with Crippen molar-refractivity contribution in [3.05, 3.63) is 34.4 Å². The van der Waals surface area contributed by atoms with E-state index >= 15 is 0 Å². The van der Waals surface area contributed by atoms with Crippen LogP contribution in [0.5, 0.6) is 0 Å². The van der Waals surface area contributed by atoms with Gasteiger partial charge in [-0.05, 0) is 24.6 Å². The molecule has 0 radical (unpaired) electrons. The van der Waals surface area contributed by atoms with Crippen molar-refractivity contribution in [2.45, 2.75) is 12.5 Å². The van der Waals surface area contributed by atoms with Gasteiger partial charge >= 0.3 is 0 Å². The fourth-order valence-electron chi connectivity index (χ4n) is 2.50. The van der Waals surface area contributed by atoms with E-state index < -0.39 is 0 Å². The summed E-state index contributed by atoms with van der Waals surface area (Å²) in [6, 6.07) is 6.26. The van der Waals surface area contributed by atoms with Crippen LogP contribution in [0.1, 0.15) is 18.0 Å². The summed E-state index contributed by atoms with van der Waals surface area (Å²) in [5, 5.41) is 15.0. The Bertz CT molecular complexity index is 637. The zero-order valence-electron chi connectivity index (χ0n) is 10.5. The van der Waals surface area contributed by atoms with E-state index in [-0.39, 0.29) is 6.04 Å². The minimum Gasteiger partial charge on any atom is -0.417 e. The second-order valence-corrected chi connectivity index (χ2v) is 5.46. The largest absolute Gasteiger partial charge is 0.417 e. The summed E-state index contributed by atoms with van der Waals surface area (Å²) in [7, 11) is 1.66. The number of hydrogen-bond acceptors (Lipinski definition) is 2. The van der Waals surface area contributed by atoms with Gasteiger partial charge in [0.1, 0.15) is 7.11 Å². The highest BCUT2D eigenvalue weighted by molar-refractivity contribution is 9.10. The summed E-state index contributed by atoms with van der Waals surface area (Å²) < 4.78 is 2.81. The van der Waals surface area contributed by atoms with E-state index in [9.17, 15) is 0 Å². The van der Waals surface area contributed by atoms with Gasteiger partial charge in [-0.15, -0.1) is 0 Å². The monoisotopic (exact) mass is 322 g/mol. The number of hydrogen-bond donors (Lipinski definition) is 3. The van der Waals surface area contributed by atoms with Crippen molar-refractivity contribution in [1.29, 1.82) is 5.41 Å². The Balaban J connectivity index is 2.11. The van der Waals surface area contributed by atoms with Crippen LogP contribution in [0.3, 0.4) is 0 Å². The number of fused-ring (bicyclic) bond motifs is 1. The SMILES string of the molecule is COn1cc(C2CCNC(=N)N2)c2cc(Br)ccc21. The molecule has 1 aliphatic heterocycles. The second-order valence-electron chi connectivity index (χ2n) is 4.54. The van der Waals surface area contributed by atoms with Crippen LogP contribution in [0.2, 0.25) is 0 Å². The fourth-order valence-corrected chi connectivity index (χ4v) is 2.86. The summed E-state index contributed by atoms with van der Waals surface area (Å²) in [6.07, 6.45) is 2.94. The molecule has 2 heterocycles. The van der Waals surface area contributed by atoms with Gasteiger partial charge in [0, 0.05) is 22.0 Å². The molecular formula is C13H15BrN4O. The molecule has 2 aromatic rings. The molecule has 100 valence electrons. The van der Waals surface area contributed by atoms with Gasteiger partial charge in [-0.2, -0.15) is 4.73 Å². The highest BCUT2D eigenvalue weighted by atomic mass is 79.9. The Kier molecular flexibility index (Phi) is 3.10. The van der Waals surface area contributed by atoms with E-state index in [1.807, 2.05) is 18.3 Å². The summed E-state index contributed by atoms with van der Waals surface area (Å²) in [6.45, 7) is 0.810. The van der Waals surface area contributed by atoms with E-state index in [0.29, 0.717) is 5.96 Å². The van der Waals surface area contributed by atoms with Gasteiger partial charge in [0.05, 0.1) is 17.8 Å². The van der Waals surface area contributed by atoms with Crippen molar-refractivity contribution in [2.24, 2.45) is 0 Å². The summed E-state index contributed by atoms with van der Waals surface area (Å²) >= 11 is 3.51. The maximum absolute atomic E-state index is 7.70. The molecule has 1 aromatic carbocycles. The summed E-state index contributed by atoms with van der Waals surface area (Å²) in [5.74, 6) is 0.379. The minimum absolute atomic E-state index is 0.141. The zero-order valence-corrected chi connectivity index (χ0v) is 12.1. The topological polar surface area (TPSA) is 62.1 Å². The molecule has 1 saturated heterocycles. The van der Waals surface area contributed by atoms with Crippen molar-refractivity contribution >= 4 is 32.8 Å². The molecule has 0 bridgehead atoms. The zero-order chi connectivity index (χ0) is 13.4. The maximum atomic E-state index is 7.70. The molecule has 0 aliphatic carbocycles. The Labute approximate surface area is 119 Å². The van der Waals surface area contributed by atoms with E-state index in [1.165, 1.54) is 0 Å². The van der Waals surface area contributed by atoms with Gasteiger partial charge in [-0.1, -0.05) is 15.9 Å². The second kappa shape index (κ2) is 4.77. The first-order valence-electron chi connectivity index (χ1n) is 6.13. The third-order valence-corrected chi connectivity index (χ3v) is 3.88. The van der Waals surface area contributed by atoms with Crippen LogP contribution < -0.4 is 15.5 Å². The van der Waals surface area contributed by atoms with Gasteiger partial charge in [-0.25, -0.2) is 0 Å². The molecule has 3 N–H and O–H groups in total. The maximum Gasteiger partial charge on any atom is 0.188 e. The number of nitrogens with one attached hydrogen (secondary N) is 3. The van der Waals surface area contributed by atoms with Crippen molar-refractivity contribution < 1.29 is 4.84 Å². The van der Waals surface area contributed by atoms with Crippen LogP contribution in [0.25, 0.3) is 10.9 Å². The van der Waals surface area contributed by atoms with Gasteiger partial charge < -0.3 is 15.5 Å². The van der Waals surface area contributed by atoms with Crippen LogP contribution in [-0.2, 0) is 0 Å². The van der Waals surface area contributed by atoms with Gasteiger partial charge in [0.2, 0.25) is 0 Å². The molecule has 3 rings (SSSR count). The van der Waals surface area contributed by atoms with Crippen molar-refractivity contribution in [3.63, 3.8) is 0 Å². The van der Waals surface area contributed by atoms with Crippen LogP contribution >= 0.6 is 15.9 Å². The Hall–Kier alpha value is -1.69. The average Bonchev–Trinajstić information content (AvgIpc) is 2.76. The normalized spacial score (nSPS) is 19.1. The number of benzene rings is 1. The number of halogens is 1. The molecule has 1 atom stereocenters. The predicted molar refractivity (Wildman–Crippen MR) is 78.4 cm³/mol. The van der Waals surface area contributed by atoms with E-state index in [4.69, 9.17) is 10.2 Å². The Morgan fingerprint density at radius 3 is 3.05 bits per heavy atom. The van der Waals surface area contributed by atoms with Crippen molar-refractivity contribution in [3.8, 4) is 0 Å². The van der Waals surface area contributed by atoms with Crippen LogP contribution in [0.15, 0.2) is 28.9 Å². The van der Waals surface area contributed by atoms with Crippen LogP contribution in [0.4, 0.5) is 0 Å². The van der Waals surface area contributed by atoms with Gasteiger partial charge in [0.25, 0.3) is 0 Å². The highest BCUT2D eigenvalue weighted by Crippen LogP contribution is 2.30. The van der Waals surface area contributed by atoms with E-state index in [0.717, 1.165) is 33.9 Å². The quantitative estimate of drug-likeness (QED) is 0.792. The fraction of sp³-hybridized carbons (Fsp3) is 0.308. The summed E-state index contributed by atoms with van der Waals surface area (Å²) in [5.41, 5.74) is 2.19. The molecule has 1 aromatic heterocycles. The number of nitrogens with zero attached hydrogens (tertiary/aromatic N) is 1. The molecule has 5 nitrogen and oxygen atoms in total. The Morgan fingerprint density at radius 1 is 1.47 bits per heavy atom. The Morgan fingerprint density at radius 2 is 2.32 bits per heavy atom. The lowest BCUT2D eigenvalue weighted by Crippen LogP contribution is -2.45. The first-order chi connectivity index (χ1) is 9.19. The first kappa shape index (κ1) is 12.3. The lowest BCUT2D eigenvalue weighted by Gasteiger charge is -2.25. The smallest absolute Gasteiger partial charge is 0.188 e. The lowest BCUT2D eigenvalue weighted by molar-refractivity contribution is 0.178. The molecule has 1 fully saturated rings. The van der Waals surface area contributed by atoms with Gasteiger partial charge in [-0.3, -0.25) is 5.41 Å². The molecule has 1 unspecified atom stereocenters. The number of guanidine groups is 1. The molecule has 1 aliphatic rings. The molecule has 19 heavy (non-hydrogen) atoms. The van der Waals surface area contributed by atoms with E-state index in [2.05, 4.69) is 32.6 Å². The highest BCUT2D eigenvalue weighted by Gasteiger charge is 2.22. The molecule has 0 spiro atoms. The third-order valence-electron chi connectivity index (χ3n) is 3.39. The lowest BCUT2D eigenvalue weighted by atomic mass is 10.0. The molecule has 6 heteroatoms. The average molecular weight is 323 g/mol. The van der Waals surface area contributed by atoms with Crippen molar-refractivity contribution in [1.82, 2.24) is 15.4 Å². The minimum atomic E-state index is 0.141. The first-order valence-corrected chi connectivity index (χ1v) is 6.92. The molecular weight excluding hydrogens is 308 g/mol. The van der Waals surface area contributed by atoms with Crippen LogP contribution in [0, 0.1) is 5.41 Å². The standard InChI is InChI=1S/C13H15BrN4O/c1-19-18-7-10(11-4-5-16-13(15)17-11)9-6-8(14)2-3-12(9)18/h2-3,6-7,11H,4-5H2,1H3,(H3,15,16,17). The number of rotatable bonds is 2. The number of aromatic nitrogens is 1. The van der Waals surface area contributed by atoms with Gasteiger partial charge in [0.15, 0.2) is 5.96 Å².